The number of rotatable bonds is 6. The molecule has 184 valence electrons. The Kier molecular flexibility index (Phi) is 6.20. The molecule has 1 atom stereocenters. The monoisotopic (exact) mass is 513 g/mol. The van der Waals surface area contributed by atoms with Gasteiger partial charge < -0.3 is 4.42 Å². The molecule has 6 rings (SSSR count). The maximum Gasteiger partial charge on any atom is 0.419 e. The lowest BCUT2D eigenvalue weighted by molar-refractivity contribution is 0.528. The summed E-state index contributed by atoms with van der Waals surface area (Å²) in [4.78, 5) is 17.9. The third-order valence-corrected chi connectivity index (χ3v) is 7.78. The molecule has 0 aliphatic carbocycles. The van der Waals surface area contributed by atoms with Gasteiger partial charge in [0.15, 0.2) is 5.58 Å². The molecule has 0 amide bonds. The lowest BCUT2D eigenvalue weighted by Gasteiger charge is -2.11. The first kappa shape index (κ1) is 23.7. The highest BCUT2D eigenvalue weighted by molar-refractivity contribution is 7.22. The predicted octanol–water partition coefficient (Wildman–Crippen LogP) is 6.99. The molecule has 38 heavy (non-hydrogen) atoms. The van der Waals surface area contributed by atoms with E-state index in [4.69, 9.17) is 9.41 Å². The molecule has 5 nitrogen and oxygen atoms in total. The van der Waals surface area contributed by atoms with Crippen molar-refractivity contribution in [1.29, 1.82) is 5.26 Å². The zero-order valence-electron chi connectivity index (χ0n) is 20.7. The molecule has 2 heterocycles. The number of fused-ring (bicyclic) bond motifs is 2. The molecule has 0 bridgehead atoms. The molecule has 0 N–H and O–H groups in total. The number of oxazole rings is 1. The van der Waals surface area contributed by atoms with Crippen LogP contribution in [-0.4, -0.2) is 16.3 Å². The smallest absolute Gasteiger partial charge is 0.408 e. The first-order valence-corrected chi connectivity index (χ1v) is 13.1. The van der Waals surface area contributed by atoms with Crippen molar-refractivity contribution in [3.63, 3.8) is 0 Å². The molecule has 4 aromatic carbocycles. The van der Waals surface area contributed by atoms with Crippen molar-refractivity contribution >= 4 is 38.2 Å². The maximum absolute atomic E-state index is 11.9. The quantitative estimate of drug-likeness (QED) is 0.226. The number of hydrogen-bond donors (Lipinski definition) is 0. The van der Waals surface area contributed by atoms with Crippen molar-refractivity contribution in [3.8, 4) is 16.5 Å². The molecule has 6 heteroatoms. The third-order valence-electron chi connectivity index (χ3n) is 6.61. The second-order valence-corrected chi connectivity index (χ2v) is 10.2. The van der Waals surface area contributed by atoms with E-state index in [0.29, 0.717) is 12.0 Å². The van der Waals surface area contributed by atoms with Crippen LogP contribution in [0.15, 0.2) is 117 Å². The van der Waals surface area contributed by atoms with Gasteiger partial charge in [0.1, 0.15) is 6.04 Å². The highest BCUT2D eigenvalue weighted by Gasteiger charge is 2.14. The number of aliphatic imine (C=N–C) groups is 1. The lowest BCUT2D eigenvalue weighted by atomic mass is 10.0. The van der Waals surface area contributed by atoms with Crippen LogP contribution < -0.4 is 5.76 Å². The number of thiophene rings is 1. The Bertz CT molecular complexity index is 1850. The zero-order valence-corrected chi connectivity index (χ0v) is 21.5. The van der Waals surface area contributed by atoms with E-state index < -0.39 is 6.04 Å². The molecule has 0 saturated heterocycles. The average molecular weight is 514 g/mol. The number of hydrogen-bond acceptors (Lipinski definition) is 5. The fourth-order valence-electron chi connectivity index (χ4n) is 4.65. The van der Waals surface area contributed by atoms with Crippen LogP contribution in [0.25, 0.3) is 31.6 Å². The summed E-state index contributed by atoms with van der Waals surface area (Å²) in [5, 5.41) is 11.1. The van der Waals surface area contributed by atoms with Crippen LogP contribution in [0.2, 0.25) is 0 Å². The van der Waals surface area contributed by atoms with Crippen molar-refractivity contribution in [2.75, 3.05) is 0 Å². The standard InChI is InChI=1S/C32H23N3O2S/c1-35-27-18-24(13-14-28(27)37-32(35)36)30-19-25-16-21(12-15-29(25)38-30)17-26(20-33)34-31(22-8-4-2-5-9-22)23-10-6-3-7-11-23/h2-16,18-19,26H,17H2,1H3. The van der Waals surface area contributed by atoms with E-state index in [1.807, 2.05) is 78.9 Å². The fraction of sp³-hybridized carbons (Fsp3) is 0.0938. The second kappa shape index (κ2) is 9.97. The van der Waals surface area contributed by atoms with Gasteiger partial charge in [-0.2, -0.15) is 5.26 Å². The topological polar surface area (TPSA) is 71.3 Å². The second-order valence-electron chi connectivity index (χ2n) is 9.15. The van der Waals surface area contributed by atoms with Crippen LogP contribution in [0.5, 0.6) is 0 Å². The number of nitrogens with zero attached hydrogens (tertiary/aromatic N) is 3. The van der Waals surface area contributed by atoms with Crippen LogP contribution in [0.1, 0.15) is 16.7 Å². The van der Waals surface area contributed by atoms with E-state index in [1.165, 1.54) is 4.57 Å². The van der Waals surface area contributed by atoms with E-state index in [9.17, 15) is 10.1 Å². The van der Waals surface area contributed by atoms with Gasteiger partial charge in [0.05, 0.1) is 17.3 Å². The van der Waals surface area contributed by atoms with Gasteiger partial charge in [-0.1, -0.05) is 72.8 Å². The molecule has 0 spiro atoms. The summed E-state index contributed by atoms with van der Waals surface area (Å²) >= 11 is 1.70. The Morgan fingerprint density at radius 3 is 2.34 bits per heavy atom. The van der Waals surface area contributed by atoms with Gasteiger partial charge in [-0.15, -0.1) is 11.3 Å². The van der Waals surface area contributed by atoms with E-state index in [-0.39, 0.29) is 5.76 Å². The first-order valence-electron chi connectivity index (χ1n) is 12.3. The van der Waals surface area contributed by atoms with Crippen LogP contribution in [0.4, 0.5) is 0 Å². The Balaban J connectivity index is 1.32. The van der Waals surface area contributed by atoms with Gasteiger partial charge in [0.25, 0.3) is 0 Å². The van der Waals surface area contributed by atoms with Gasteiger partial charge in [0, 0.05) is 34.2 Å². The Morgan fingerprint density at radius 2 is 1.66 bits per heavy atom. The SMILES string of the molecule is Cn1c(=O)oc2ccc(-c3cc4cc(CC(C#N)N=C(c5ccccc5)c5ccccc5)ccc4s3)cc21. The van der Waals surface area contributed by atoms with Gasteiger partial charge in [0.2, 0.25) is 0 Å². The molecule has 6 aromatic rings. The summed E-state index contributed by atoms with van der Waals surface area (Å²) in [5.74, 6) is -0.365. The lowest BCUT2D eigenvalue weighted by Crippen LogP contribution is -2.12. The minimum atomic E-state index is -0.522. The summed E-state index contributed by atoms with van der Waals surface area (Å²) in [5.41, 5.74) is 6.25. The van der Waals surface area contributed by atoms with Gasteiger partial charge in [-0.25, -0.2) is 4.79 Å². The summed E-state index contributed by atoms with van der Waals surface area (Å²) in [7, 11) is 1.71. The van der Waals surface area contributed by atoms with Crippen LogP contribution in [0.3, 0.4) is 0 Å². The minimum absolute atomic E-state index is 0.365. The van der Waals surface area contributed by atoms with Crippen molar-refractivity contribution in [2.24, 2.45) is 12.0 Å². The average Bonchev–Trinajstić information content (AvgIpc) is 3.51. The van der Waals surface area contributed by atoms with Crippen molar-refractivity contribution in [2.45, 2.75) is 12.5 Å². The van der Waals surface area contributed by atoms with Gasteiger partial charge in [-0.3, -0.25) is 9.56 Å². The molecule has 0 fully saturated rings. The molecule has 2 aromatic heterocycles. The van der Waals surface area contributed by atoms with Crippen molar-refractivity contribution in [3.05, 3.63) is 130 Å². The fourth-order valence-corrected chi connectivity index (χ4v) is 5.69. The first-order chi connectivity index (χ1) is 18.6. The summed E-state index contributed by atoms with van der Waals surface area (Å²) < 4.78 is 7.95. The number of nitriles is 1. The molecule has 0 radical (unpaired) electrons. The molecular weight excluding hydrogens is 490 g/mol. The minimum Gasteiger partial charge on any atom is -0.408 e. The molecular formula is C32H23N3O2S. The van der Waals surface area contributed by atoms with Gasteiger partial charge in [-0.05, 0) is 46.8 Å². The summed E-state index contributed by atoms with van der Waals surface area (Å²) in [6.45, 7) is 0. The Hall–Kier alpha value is -4.73. The van der Waals surface area contributed by atoms with Crippen LogP contribution >= 0.6 is 11.3 Å². The van der Waals surface area contributed by atoms with Crippen molar-refractivity contribution < 1.29 is 4.42 Å². The number of aromatic nitrogens is 1. The summed E-state index contributed by atoms with van der Waals surface area (Å²) in [6, 6.07) is 36.2. The number of aryl methyl sites for hydroxylation is 1. The van der Waals surface area contributed by atoms with Gasteiger partial charge >= 0.3 is 5.76 Å². The molecule has 0 aliphatic heterocycles. The van der Waals surface area contributed by atoms with Crippen LogP contribution in [0, 0.1) is 11.3 Å². The van der Waals surface area contributed by atoms with E-state index >= 15 is 0 Å². The third kappa shape index (κ3) is 4.56. The number of benzene rings is 4. The maximum atomic E-state index is 11.9. The molecule has 1 unspecified atom stereocenters. The molecule has 0 saturated carbocycles. The predicted molar refractivity (Wildman–Crippen MR) is 154 cm³/mol. The van der Waals surface area contributed by atoms with Crippen LogP contribution in [-0.2, 0) is 13.5 Å². The zero-order chi connectivity index (χ0) is 26.1. The molecule has 0 aliphatic rings. The van der Waals surface area contributed by atoms with E-state index in [2.05, 4.69) is 30.3 Å². The summed E-state index contributed by atoms with van der Waals surface area (Å²) in [6.07, 6.45) is 0.518. The Morgan fingerprint density at radius 1 is 0.947 bits per heavy atom. The van der Waals surface area contributed by atoms with E-state index in [1.54, 1.807) is 18.4 Å². The highest BCUT2D eigenvalue weighted by atomic mass is 32.1. The van der Waals surface area contributed by atoms with E-state index in [0.717, 1.165) is 48.4 Å². The largest absolute Gasteiger partial charge is 0.419 e. The van der Waals surface area contributed by atoms with Crippen molar-refractivity contribution in [1.82, 2.24) is 4.57 Å². The Labute approximate surface area is 223 Å². The highest BCUT2D eigenvalue weighted by Crippen LogP contribution is 2.35. The normalized spacial score (nSPS) is 11.9.